The van der Waals surface area contributed by atoms with Gasteiger partial charge in [0.2, 0.25) is 0 Å². The molecular formula is C9H14BNO2. The van der Waals surface area contributed by atoms with Gasteiger partial charge in [-0.05, 0) is 38.1 Å². The lowest BCUT2D eigenvalue weighted by Crippen LogP contribution is -2.36. The Morgan fingerprint density at radius 2 is 1.85 bits per heavy atom. The maximum atomic E-state index is 8.97. The smallest absolute Gasteiger partial charge is 0.408 e. The molecule has 0 atom stereocenters. The molecule has 0 aliphatic heterocycles. The Morgan fingerprint density at radius 3 is 2.38 bits per heavy atom. The third-order valence-electron chi connectivity index (χ3n) is 2.30. The standard InChI is InChI=1S/C9H14BNO2/c1-7-5-4-6-9(8(7)2)11(3)10(12)13/h4-6,12-13H,1-3H3. The first-order valence-corrected chi connectivity index (χ1v) is 4.19. The lowest BCUT2D eigenvalue weighted by molar-refractivity contribution is 0.404. The molecule has 0 radical (unpaired) electrons. The predicted octanol–water partition coefficient (Wildman–Crippen LogP) is 0.709. The zero-order valence-corrected chi connectivity index (χ0v) is 8.15. The Hall–Kier alpha value is -0.995. The molecule has 70 valence electrons. The molecular weight excluding hydrogens is 165 g/mol. The van der Waals surface area contributed by atoms with Gasteiger partial charge in [-0.2, -0.15) is 0 Å². The number of hydrogen-bond acceptors (Lipinski definition) is 3. The third kappa shape index (κ3) is 2.02. The molecule has 0 fully saturated rings. The molecule has 0 heterocycles. The summed E-state index contributed by atoms with van der Waals surface area (Å²) in [6.45, 7) is 3.96. The van der Waals surface area contributed by atoms with E-state index < -0.39 is 7.25 Å². The van der Waals surface area contributed by atoms with Crippen LogP contribution in [0, 0.1) is 13.8 Å². The van der Waals surface area contributed by atoms with Gasteiger partial charge in [-0.25, -0.2) is 0 Å². The summed E-state index contributed by atoms with van der Waals surface area (Å²) in [5.74, 6) is 0. The van der Waals surface area contributed by atoms with E-state index in [2.05, 4.69) is 0 Å². The molecule has 0 aromatic heterocycles. The molecule has 1 aromatic carbocycles. The second-order valence-corrected chi connectivity index (χ2v) is 3.18. The van der Waals surface area contributed by atoms with Crippen molar-refractivity contribution in [3.05, 3.63) is 29.3 Å². The molecule has 0 bridgehead atoms. The Balaban J connectivity index is 3.07. The second-order valence-electron chi connectivity index (χ2n) is 3.18. The van der Waals surface area contributed by atoms with Crippen molar-refractivity contribution in [3.63, 3.8) is 0 Å². The van der Waals surface area contributed by atoms with E-state index in [1.807, 2.05) is 32.0 Å². The summed E-state index contributed by atoms with van der Waals surface area (Å²) < 4.78 is 0. The van der Waals surface area contributed by atoms with Crippen LogP contribution in [0.4, 0.5) is 5.69 Å². The molecule has 4 heteroatoms. The maximum Gasteiger partial charge on any atom is 0.587 e. The van der Waals surface area contributed by atoms with Crippen LogP contribution in [0.1, 0.15) is 11.1 Å². The average Bonchev–Trinajstić information content (AvgIpc) is 2.08. The van der Waals surface area contributed by atoms with Crippen molar-refractivity contribution in [2.45, 2.75) is 13.8 Å². The van der Waals surface area contributed by atoms with Crippen molar-refractivity contribution in [3.8, 4) is 0 Å². The molecule has 13 heavy (non-hydrogen) atoms. The van der Waals surface area contributed by atoms with Crippen molar-refractivity contribution in [2.24, 2.45) is 0 Å². The van der Waals surface area contributed by atoms with Crippen LogP contribution in [0.3, 0.4) is 0 Å². The van der Waals surface area contributed by atoms with Crippen molar-refractivity contribution >= 4 is 12.9 Å². The lowest BCUT2D eigenvalue weighted by atomic mass is 10.0. The molecule has 3 nitrogen and oxygen atoms in total. The van der Waals surface area contributed by atoms with Crippen LogP contribution < -0.4 is 4.81 Å². The molecule has 2 N–H and O–H groups in total. The largest absolute Gasteiger partial charge is 0.587 e. The molecule has 0 spiro atoms. The Kier molecular flexibility index (Phi) is 2.96. The highest BCUT2D eigenvalue weighted by Crippen LogP contribution is 2.21. The molecule has 0 amide bonds. The zero-order valence-electron chi connectivity index (χ0n) is 8.15. The van der Waals surface area contributed by atoms with Crippen molar-refractivity contribution in [1.29, 1.82) is 0 Å². The molecule has 0 saturated heterocycles. The fourth-order valence-electron chi connectivity index (χ4n) is 1.24. The first-order chi connectivity index (χ1) is 6.04. The second kappa shape index (κ2) is 3.81. The number of rotatable bonds is 2. The molecule has 0 unspecified atom stereocenters. The molecule has 0 aliphatic rings. The van der Waals surface area contributed by atoms with E-state index >= 15 is 0 Å². The van der Waals surface area contributed by atoms with Gasteiger partial charge in [0.25, 0.3) is 0 Å². The van der Waals surface area contributed by atoms with Gasteiger partial charge in [0, 0.05) is 5.69 Å². The summed E-state index contributed by atoms with van der Waals surface area (Å²) in [6.07, 6.45) is 0. The van der Waals surface area contributed by atoms with Gasteiger partial charge in [0.15, 0.2) is 0 Å². The van der Waals surface area contributed by atoms with Crippen LogP contribution in [0.15, 0.2) is 18.2 Å². The van der Waals surface area contributed by atoms with Crippen LogP contribution in [-0.4, -0.2) is 24.3 Å². The van der Waals surface area contributed by atoms with E-state index in [1.165, 1.54) is 4.81 Å². The summed E-state index contributed by atoms with van der Waals surface area (Å²) >= 11 is 0. The van der Waals surface area contributed by atoms with E-state index in [0.717, 1.165) is 16.8 Å². The average molecular weight is 179 g/mol. The number of hydrogen-bond donors (Lipinski definition) is 2. The summed E-state index contributed by atoms with van der Waals surface area (Å²) in [5, 5.41) is 17.9. The molecule has 1 rings (SSSR count). The van der Waals surface area contributed by atoms with E-state index in [9.17, 15) is 0 Å². The lowest BCUT2D eigenvalue weighted by Gasteiger charge is -2.20. The van der Waals surface area contributed by atoms with Crippen molar-refractivity contribution in [1.82, 2.24) is 0 Å². The quantitative estimate of drug-likeness (QED) is 0.657. The van der Waals surface area contributed by atoms with Gasteiger partial charge in [-0.3, -0.25) is 0 Å². The number of aryl methyl sites for hydroxylation is 1. The van der Waals surface area contributed by atoms with Gasteiger partial charge < -0.3 is 14.9 Å². The molecule has 0 aliphatic carbocycles. The van der Waals surface area contributed by atoms with Gasteiger partial charge in [0.05, 0.1) is 0 Å². The summed E-state index contributed by atoms with van der Waals surface area (Å²) in [5.41, 5.74) is 3.05. The van der Waals surface area contributed by atoms with Crippen molar-refractivity contribution in [2.75, 3.05) is 11.9 Å². The van der Waals surface area contributed by atoms with E-state index in [4.69, 9.17) is 10.0 Å². The van der Waals surface area contributed by atoms with Crippen LogP contribution >= 0.6 is 0 Å². The van der Waals surface area contributed by atoms with Gasteiger partial charge in [-0.15, -0.1) is 0 Å². The Bertz CT molecular complexity index is 302. The van der Waals surface area contributed by atoms with Crippen LogP contribution in [-0.2, 0) is 0 Å². The normalized spacial score (nSPS) is 9.92. The summed E-state index contributed by atoms with van der Waals surface area (Å²) in [6, 6.07) is 5.76. The highest BCUT2D eigenvalue weighted by atomic mass is 16.4. The molecule has 0 saturated carbocycles. The Labute approximate surface area is 78.8 Å². The predicted molar refractivity (Wildman–Crippen MR) is 54.5 cm³/mol. The fourth-order valence-corrected chi connectivity index (χ4v) is 1.24. The topological polar surface area (TPSA) is 43.7 Å². The minimum atomic E-state index is -1.44. The SMILES string of the molecule is Cc1cccc(N(C)B(O)O)c1C. The van der Waals surface area contributed by atoms with Crippen LogP contribution in [0.25, 0.3) is 0 Å². The van der Waals surface area contributed by atoms with Crippen molar-refractivity contribution < 1.29 is 10.0 Å². The number of benzene rings is 1. The first kappa shape index (κ1) is 10.1. The fraction of sp³-hybridized carbons (Fsp3) is 0.333. The highest BCUT2D eigenvalue weighted by Gasteiger charge is 2.17. The summed E-state index contributed by atoms with van der Waals surface area (Å²) in [7, 11) is 0.201. The van der Waals surface area contributed by atoms with E-state index in [-0.39, 0.29) is 0 Å². The van der Waals surface area contributed by atoms with Gasteiger partial charge in [0.1, 0.15) is 0 Å². The third-order valence-corrected chi connectivity index (χ3v) is 2.30. The first-order valence-electron chi connectivity index (χ1n) is 4.19. The van der Waals surface area contributed by atoms with E-state index in [1.54, 1.807) is 7.05 Å². The minimum absolute atomic E-state index is 0.843. The van der Waals surface area contributed by atoms with E-state index in [0.29, 0.717) is 0 Å². The van der Waals surface area contributed by atoms with Gasteiger partial charge >= 0.3 is 7.25 Å². The van der Waals surface area contributed by atoms with Crippen LogP contribution in [0.5, 0.6) is 0 Å². The van der Waals surface area contributed by atoms with Crippen LogP contribution in [0.2, 0.25) is 0 Å². The Morgan fingerprint density at radius 1 is 1.23 bits per heavy atom. The molecule has 1 aromatic rings. The summed E-state index contributed by atoms with van der Waals surface area (Å²) in [4.78, 5) is 1.42. The van der Waals surface area contributed by atoms with Gasteiger partial charge in [-0.1, -0.05) is 12.1 Å². The maximum absolute atomic E-state index is 8.97. The number of anilines is 1. The zero-order chi connectivity index (χ0) is 10.0. The number of nitrogens with zero attached hydrogens (tertiary/aromatic N) is 1. The monoisotopic (exact) mass is 179 g/mol. The minimum Gasteiger partial charge on any atom is -0.408 e. The highest BCUT2D eigenvalue weighted by molar-refractivity contribution is 6.46.